The van der Waals surface area contributed by atoms with Crippen LogP contribution in [0.3, 0.4) is 0 Å². The van der Waals surface area contributed by atoms with Crippen LogP contribution in [0.1, 0.15) is 61.2 Å². The molecule has 1 fully saturated rings. The first kappa shape index (κ1) is 26.7. The predicted octanol–water partition coefficient (Wildman–Crippen LogP) is 6.17. The van der Waals surface area contributed by atoms with Crippen molar-refractivity contribution >= 4 is 31.9 Å². The smallest absolute Gasteiger partial charge is 0.268 e. The normalized spacial score (nSPS) is 21.9. The number of rotatable bonds is 6. The van der Waals surface area contributed by atoms with Crippen LogP contribution in [-0.2, 0) is 21.4 Å². The Morgan fingerprint density at radius 3 is 2.53 bits per heavy atom. The second kappa shape index (κ2) is 10.4. The fraction of sp³-hybridized carbons (Fsp3) is 0.345. The van der Waals surface area contributed by atoms with Gasteiger partial charge in [-0.15, -0.1) is 0 Å². The van der Waals surface area contributed by atoms with Crippen molar-refractivity contribution in [3.8, 4) is 11.5 Å². The molecule has 0 radical (unpaired) electrons. The summed E-state index contributed by atoms with van der Waals surface area (Å²) in [7, 11) is -4.16. The van der Waals surface area contributed by atoms with Crippen LogP contribution in [0.4, 0.5) is 0 Å². The first-order valence-electron chi connectivity index (χ1n) is 12.6. The Morgan fingerprint density at radius 1 is 1.08 bits per heavy atom. The number of halogens is 1. The van der Waals surface area contributed by atoms with Crippen molar-refractivity contribution in [3.63, 3.8) is 0 Å². The van der Waals surface area contributed by atoms with Crippen molar-refractivity contribution in [2.75, 3.05) is 0 Å². The molecule has 0 aliphatic carbocycles. The Hall–Kier alpha value is -2.88. The fourth-order valence-corrected chi connectivity index (χ4v) is 7.12. The molecular weight excluding hydrogens is 570 g/mol. The van der Waals surface area contributed by atoms with Crippen molar-refractivity contribution in [2.24, 2.45) is 5.92 Å². The highest BCUT2D eigenvalue weighted by Crippen LogP contribution is 2.52. The van der Waals surface area contributed by atoms with Gasteiger partial charge in [-0.3, -0.25) is 4.79 Å². The summed E-state index contributed by atoms with van der Waals surface area (Å²) >= 11 is 3.25. The average molecular weight is 601 g/mol. The largest absolute Gasteiger partial charge is 0.488 e. The molecule has 1 amide bonds. The van der Waals surface area contributed by atoms with Gasteiger partial charge in [0.15, 0.2) is 0 Å². The first-order chi connectivity index (χ1) is 18.0. The summed E-state index contributed by atoms with van der Waals surface area (Å²) in [4.78, 5) is 13.4. The number of carbonyl (C=O) groups is 1. The van der Waals surface area contributed by atoms with E-state index in [9.17, 15) is 13.2 Å². The molecule has 2 aliphatic heterocycles. The van der Waals surface area contributed by atoms with Crippen LogP contribution in [0.2, 0.25) is 0 Å². The van der Waals surface area contributed by atoms with Gasteiger partial charge in [-0.05, 0) is 79.4 Å². The maximum atomic E-state index is 13.5. The van der Waals surface area contributed by atoms with Gasteiger partial charge in [0.25, 0.3) is 15.9 Å². The first-order valence-corrected chi connectivity index (χ1v) is 14.8. The van der Waals surface area contributed by atoms with Gasteiger partial charge in [-0.1, -0.05) is 42.5 Å². The predicted molar refractivity (Wildman–Crippen MR) is 147 cm³/mol. The number of benzene rings is 3. The molecule has 5 rings (SSSR count). The van der Waals surface area contributed by atoms with Crippen LogP contribution < -0.4 is 14.2 Å². The minimum atomic E-state index is -4.16. The minimum absolute atomic E-state index is 0.0390. The molecule has 9 heteroatoms. The van der Waals surface area contributed by atoms with Crippen LogP contribution in [0.25, 0.3) is 0 Å². The molecule has 0 saturated carbocycles. The van der Waals surface area contributed by atoms with E-state index >= 15 is 0 Å². The van der Waals surface area contributed by atoms with Gasteiger partial charge in [0.2, 0.25) is 0 Å². The Bertz CT molecular complexity index is 1460. The Kier molecular flexibility index (Phi) is 7.28. The highest BCUT2D eigenvalue weighted by Gasteiger charge is 2.47. The van der Waals surface area contributed by atoms with Crippen LogP contribution in [0.15, 0.2) is 76.1 Å². The number of nitrogens with one attached hydrogen (secondary N) is 1. The molecule has 38 heavy (non-hydrogen) atoms. The lowest BCUT2D eigenvalue weighted by Gasteiger charge is -2.48. The molecule has 7 nitrogen and oxygen atoms in total. The van der Waals surface area contributed by atoms with E-state index in [1.807, 2.05) is 44.2 Å². The number of amides is 1. The summed E-state index contributed by atoms with van der Waals surface area (Å²) in [6.07, 6.45) is 1.75. The van der Waals surface area contributed by atoms with E-state index in [0.717, 1.165) is 24.0 Å². The van der Waals surface area contributed by atoms with Crippen LogP contribution in [0, 0.1) is 5.92 Å². The maximum absolute atomic E-state index is 13.5. The Balaban J connectivity index is 1.55. The summed E-state index contributed by atoms with van der Waals surface area (Å²) < 4.78 is 47.6. The lowest BCUT2D eigenvalue weighted by atomic mass is 9.75. The standard InChI is InChI=1S/C29H30BrNO6S/c1-18-13-14-22-27(36-18)20-15-24(35-17-19-9-5-4-6-10-19)21(16-25(20)37-29(22,2)3)28(32)31-38(33,34)26-12-8-7-11-23(26)30/h4-12,15-16,18,22,27H,13-14,17H2,1-3H3,(H,31,32)/t18-,22-,27+/m0/s1. The van der Waals surface area contributed by atoms with Gasteiger partial charge < -0.3 is 14.2 Å². The molecule has 0 unspecified atom stereocenters. The lowest BCUT2D eigenvalue weighted by Crippen LogP contribution is -2.48. The van der Waals surface area contributed by atoms with Gasteiger partial charge in [-0.2, -0.15) is 0 Å². The topological polar surface area (TPSA) is 90.9 Å². The second-order valence-electron chi connectivity index (χ2n) is 10.3. The molecule has 2 aliphatic rings. The van der Waals surface area contributed by atoms with Crippen molar-refractivity contribution in [1.82, 2.24) is 4.72 Å². The Labute approximate surface area is 231 Å². The maximum Gasteiger partial charge on any atom is 0.268 e. The molecule has 2 heterocycles. The number of sulfonamides is 1. The van der Waals surface area contributed by atoms with Gasteiger partial charge in [0.1, 0.15) is 28.6 Å². The lowest BCUT2D eigenvalue weighted by molar-refractivity contribution is -0.144. The van der Waals surface area contributed by atoms with E-state index in [0.29, 0.717) is 10.2 Å². The SMILES string of the molecule is C[C@H]1CC[C@H]2[C@H](O1)c1cc(OCc3ccccc3)c(C(=O)NS(=O)(=O)c3ccccc3Br)cc1OC2(C)C. The molecule has 1 N–H and O–H groups in total. The number of fused-ring (bicyclic) bond motifs is 3. The molecule has 0 aromatic heterocycles. The molecule has 1 saturated heterocycles. The number of hydrogen-bond donors (Lipinski definition) is 1. The summed E-state index contributed by atoms with van der Waals surface area (Å²) in [5.41, 5.74) is 1.25. The van der Waals surface area contributed by atoms with Crippen molar-refractivity contribution < 1.29 is 27.4 Å². The number of ether oxygens (including phenoxy) is 3. The van der Waals surface area contributed by atoms with Crippen molar-refractivity contribution in [1.29, 1.82) is 0 Å². The molecule has 0 spiro atoms. The fourth-order valence-electron chi connectivity index (χ4n) is 5.15. The summed E-state index contributed by atoms with van der Waals surface area (Å²) in [5.74, 6) is 0.0638. The molecule has 3 aromatic carbocycles. The highest BCUT2D eigenvalue weighted by atomic mass is 79.9. The zero-order valence-electron chi connectivity index (χ0n) is 21.4. The van der Waals surface area contributed by atoms with E-state index in [2.05, 4.69) is 27.6 Å². The van der Waals surface area contributed by atoms with Gasteiger partial charge in [0, 0.05) is 16.0 Å². The molecule has 0 bridgehead atoms. The van der Waals surface area contributed by atoms with E-state index in [4.69, 9.17) is 14.2 Å². The quantitative estimate of drug-likeness (QED) is 0.364. The summed E-state index contributed by atoms with van der Waals surface area (Å²) in [6, 6.07) is 19.2. The number of hydrogen-bond acceptors (Lipinski definition) is 6. The molecule has 200 valence electrons. The zero-order valence-corrected chi connectivity index (χ0v) is 23.8. The second-order valence-corrected chi connectivity index (χ2v) is 12.8. The van der Waals surface area contributed by atoms with Crippen molar-refractivity contribution in [3.05, 3.63) is 87.9 Å². The average Bonchev–Trinajstić information content (AvgIpc) is 2.87. The molecule has 3 aromatic rings. The van der Waals surface area contributed by atoms with Gasteiger partial charge >= 0.3 is 0 Å². The van der Waals surface area contributed by atoms with Crippen LogP contribution in [-0.4, -0.2) is 26.0 Å². The van der Waals surface area contributed by atoms with E-state index < -0.39 is 21.5 Å². The van der Waals surface area contributed by atoms with E-state index in [1.54, 1.807) is 30.3 Å². The minimum Gasteiger partial charge on any atom is -0.488 e. The highest BCUT2D eigenvalue weighted by molar-refractivity contribution is 9.10. The van der Waals surface area contributed by atoms with Gasteiger partial charge in [-0.25, -0.2) is 13.1 Å². The van der Waals surface area contributed by atoms with E-state index in [1.165, 1.54) is 6.07 Å². The van der Waals surface area contributed by atoms with Crippen LogP contribution >= 0.6 is 15.9 Å². The third-order valence-corrected chi connectivity index (χ3v) is 9.49. The van der Waals surface area contributed by atoms with Gasteiger partial charge in [0.05, 0.1) is 17.8 Å². The third-order valence-electron chi connectivity index (χ3n) is 7.15. The van der Waals surface area contributed by atoms with Crippen molar-refractivity contribution in [2.45, 2.75) is 62.9 Å². The zero-order chi connectivity index (χ0) is 27.1. The summed E-state index contributed by atoms with van der Waals surface area (Å²) in [6.45, 7) is 6.29. The van der Waals surface area contributed by atoms with E-state index in [-0.39, 0.29) is 40.9 Å². The summed E-state index contributed by atoms with van der Waals surface area (Å²) in [5, 5.41) is 0. The van der Waals surface area contributed by atoms with Crippen LogP contribution in [0.5, 0.6) is 11.5 Å². The monoisotopic (exact) mass is 599 g/mol. The number of carbonyl (C=O) groups excluding carboxylic acids is 1. The third kappa shape index (κ3) is 5.32. The Morgan fingerprint density at radius 2 is 1.79 bits per heavy atom. The molecular formula is C29H30BrNO6S. The molecule has 3 atom stereocenters.